The van der Waals surface area contributed by atoms with Crippen LogP contribution in [0.15, 0.2) is 42.6 Å². The molecule has 0 unspecified atom stereocenters. The molecule has 2 aromatic heterocycles. The van der Waals surface area contributed by atoms with Gasteiger partial charge in [-0.05, 0) is 36.8 Å². The van der Waals surface area contributed by atoms with E-state index in [0.29, 0.717) is 5.56 Å². The summed E-state index contributed by atoms with van der Waals surface area (Å²) in [4.78, 5) is 19.7. The van der Waals surface area contributed by atoms with Crippen molar-refractivity contribution in [3.8, 4) is 0 Å². The zero-order valence-corrected chi connectivity index (χ0v) is 11.4. The Kier molecular flexibility index (Phi) is 3.43. The third-order valence-electron chi connectivity index (χ3n) is 3.00. The number of carboxylic acid groups (broad SMARTS) is 1. The van der Waals surface area contributed by atoms with Gasteiger partial charge in [0.15, 0.2) is 0 Å². The molecule has 0 aliphatic carbocycles. The number of carboxylic acids is 1. The van der Waals surface area contributed by atoms with Gasteiger partial charge in [0.05, 0.1) is 20.8 Å². The van der Waals surface area contributed by atoms with Crippen molar-refractivity contribution < 1.29 is 9.90 Å². The van der Waals surface area contributed by atoms with Gasteiger partial charge in [0.2, 0.25) is 0 Å². The normalized spacial score (nSPS) is 10.8. The topological polar surface area (TPSA) is 63.1 Å². The van der Waals surface area contributed by atoms with Crippen LogP contribution in [0.4, 0.5) is 0 Å². The standard InChI is InChI=1S/C15H12N2O2S/c18-15(19)10-4-6-12-13(9-10)20-14(17-12)7-5-11-3-1-2-8-16-11/h1-4,6,8-9H,5,7H2,(H,18,19). The minimum Gasteiger partial charge on any atom is -0.478 e. The van der Waals surface area contributed by atoms with Crippen LogP contribution >= 0.6 is 11.3 Å². The number of hydrogen-bond acceptors (Lipinski definition) is 4. The molecule has 100 valence electrons. The molecule has 0 atom stereocenters. The van der Waals surface area contributed by atoms with Crippen LogP contribution in [-0.2, 0) is 12.8 Å². The smallest absolute Gasteiger partial charge is 0.335 e. The minimum absolute atomic E-state index is 0.303. The monoisotopic (exact) mass is 284 g/mol. The van der Waals surface area contributed by atoms with Crippen molar-refractivity contribution in [3.05, 3.63) is 58.9 Å². The lowest BCUT2D eigenvalue weighted by Crippen LogP contribution is -1.94. The highest BCUT2D eigenvalue weighted by Crippen LogP contribution is 2.24. The van der Waals surface area contributed by atoms with E-state index < -0.39 is 5.97 Å². The number of aryl methyl sites for hydroxylation is 2. The van der Waals surface area contributed by atoms with Gasteiger partial charge in [-0.3, -0.25) is 4.98 Å². The molecule has 20 heavy (non-hydrogen) atoms. The first-order valence-corrected chi connectivity index (χ1v) is 7.07. The maximum atomic E-state index is 10.9. The number of fused-ring (bicyclic) bond motifs is 1. The van der Waals surface area contributed by atoms with E-state index in [4.69, 9.17) is 5.11 Å². The number of aromatic nitrogens is 2. The number of pyridine rings is 1. The van der Waals surface area contributed by atoms with Crippen LogP contribution < -0.4 is 0 Å². The fourth-order valence-electron chi connectivity index (χ4n) is 1.99. The summed E-state index contributed by atoms with van der Waals surface area (Å²) in [5.41, 5.74) is 2.20. The predicted octanol–water partition coefficient (Wildman–Crippen LogP) is 3.17. The first-order valence-electron chi connectivity index (χ1n) is 6.25. The summed E-state index contributed by atoms with van der Waals surface area (Å²) >= 11 is 1.55. The minimum atomic E-state index is -0.907. The van der Waals surface area contributed by atoms with E-state index in [1.54, 1.807) is 35.7 Å². The molecule has 3 rings (SSSR count). The second-order valence-electron chi connectivity index (χ2n) is 4.42. The quantitative estimate of drug-likeness (QED) is 0.799. The molecule has 0 saturated carbocycles. The Hall–Kier alpha value is -2.27. The van der Waals surface area contributed by atoms with Gasteiger partial charge in [0.1, 0.15) is 0 Å². The van der Waals surface area contributed by atoms with E-state index in [0.717, 1.165) is 33.8 Å². The van der Waals surface area contributed by atoms with Gasteiger partial charge in [-0.2, -0.15) is 0 Å². The van der Waals surface area contributed by atoms with Gasteiger partial charge in [0.25, 0.3) is 0 Å². The third kappa shape index (κ3) is 2.67. The molecule has 5 heteroatoms. The van der Waals surface area contributed by atoms with Crippen molar-refractivity contribution in [1.82, 2.24) is 9.97 Å². The Labute approximate surface area is 119 Å². The molecular formula is C15H12N2O2S. The molecule has 0 bridgehead atoms. The SMILES string of the molecule is O=C(O)c1ccc2nc(CCc3ccccn3)sc2c1. The molecule has 0 saturated heterocycles. The number of carbonyl (C=O) groups is 1. The summed E-state index contributed by atoms with van der Waals surface area (Å²) < 4.78 is 0.918. The Morgan fingerprint density at radius 2 is 2.10 bits per heavy atom. The van der Waals surface area contributed by atoms with Gasteiger partial charge >= 0.3 is 5.97 Å². The Balaban J connectivity index is 1.80. The van der Waals surface area contributed by atoms with E-state index in [9.17, 15) is 4.79 Å². The van der Waals surface area contributed by atoms with Crippen LogP contribution in [0.5, 0.6) is 0 Å². The Bertz CT molecular complexity index is 753. The highest BCUT2D eigenvalue weighted by atomic mass is 32.1. The van der Waals surface area contributed by atoms with E-state index >= 15 is 0 Å². The number of nitrogens with zero attached hydrogens (tertiary/aromatic N) is 2. The molecule has 1 aromatic carbocycles. The summed E-state index contributed by atoms with van der Waals surface area (Å²) in [6.07, 6.45) is 3.44. The molecule has 0 amide bonds. The first kappa shape index (κ1) is 12.7. The van der Waals surface area contributed by atoms with Crippen molar-refractivity contribution in [2.45, 2.75) is 12.8 Å². The first-order chi connectivity index (χ1) is 9.72. The molecule has 0 spiro atoms. The number of rotatable bonds is 4. The lowest BCUT2D eigenvalue weighted by atomic mass is 10.2. The highest BCUT2D eigenvalue weighted by Gasteiger charge is 2.08. The number of benzene rings is 1. The van der Waals surface area contributed by atoms with Crippen LogP contribution in [0.1, 0.15) is 21.1 Å². The Morgan fingerprint density at radius 1 is 1.20 bits per heavy atom. The lowest BCUT2D eigenvalue weighted by molar-refractivity contribution is 0.0697. The second-order valence-corrected chi connectivity index (χ2v) is 5.53. The third-order valence-corrected chi connectivity index (χ3v) is 4.08. The van der Waals surface area contributed by atoms with Gasteiger partial charge in [-0.15, -0.1) is 11.3 Å². The maximum Gasteiger partial charge on any atom is 0.335 e. The van der Waals surface area contributed by atoms with Gasteiger partial charge in [-0.25, -0.2) is 9.78 Å². The number of thiazole rings is 1. The zero-order chi connectivity index (χ0) is 13.9. The molecule has 0 radical (unpaired) electrons. The molecular weight excluding hydrogens is 272 g/mol. The van der Waals surface area contributed by atoms with Crippen LogP contribution in [0.3, 0.4) is 0 Å². The molecule has 3 aromatic rings. The summed E-state index contributed by atoms with van der Waals surface area (Å²) in [5.74, 6) is -0.907. The van der Waals surface area contributed by atoms with Crippen molar-refractivity contribution in [1.29, 1.82) is 0 Å². The van der Waals surface area contributed by atoms with Crippen LogP contribution in [0, 0.1) is 0 Å². The van der Waals surface area contributed by atoms with E-state index in [-0.39, 0.29) is 0 Å². The van der Waals surface area contributed by atoms with Crippen LogP contribution in [-0.4, -0.2) is 21.0 Å². The number of aromatic carboxylic acids is 1. The van der Waals surface area contributed by atoms with Crippen molar-refractivity contribution in [3.63, 3.8) is 0 Å². The van der Waals surface area contributed by atoms with Crippen LogP contribution in [0.2, 0.25) is 0 Å². The maximum absolute atomic E-state index is 10.9. The van der Waals surface area contributed by atoms with E-state index in [1.165, 1.54) is 0 Å². The molecule has 0 aliphatic heterocycles. The molecule has 2 heterocycles. The van der Waals surface area contributed by atoms with Crippen molar-refractivity contribution in [2.75, 3.05) is 0 Å². The second kappa shape index (κ2) is 5.38. The summed E-state index contributed by atoms with van der Waals surface area (Å²) in [6.45, 7) is 0. The molecule has 1 N–H and O–H groups in total. The predicted molar refractivity (Wildman–Crippen MR) is 78.2 cm³/mol. The average Bonchev–Trinajstić information content (AvgIpc) is 2.88. The summed E-state index contributed by atoms with van der Waals surface area (Å²) in [6, 6.07) is 10.9. The lowest BCUT2D eigenvalue weighted by Gasteiger charge is -1.96. The van der Waals surface area contributed by atoms with Gasteiger partial charge < -0.3 is 5.11 Å². The molecule has 0 fully saturated rings. The average molecular weight is 284 g/mol. The molecule has 4 nitrogen and oxygen atoms in total. The largest absolute Gasteiger partial charge is 0.478 e. The number of hydrogen-bond donors (Lipinski definition) is 1. The van der Waals surface area contributed by atoms with E-state index in [1.807, 2.05) is 18.2 Å². The van der Waals surface area contributed by atoms with Crippen LogP contribution in [0.25, 0.3) is 10.2 Å². The van der Waals surface area contributed by atoms with Crippen molar-refractivity contribution in [2.24, 2.45) is 0 Å². The fraction of sp³-hybridized carbons (Fsp3) is 0.133. The molecule has 0 aliphatic rings. The highest BCUT2D eigenvalue weighted by molar-refractivity contribution is 7.18. The van der Waals surface area contributed by atoms with Gasteiger partial charge in [0, 0.05) is 18.3 Å². The van der Waals surface area contributed by atoms with Gasteiger partial charge in [-0.1, -0.05) is 6.07 Å². The van der Waals surface area contributed by atoms with E-state index in [2.05, 4.69) is 9.97 Å². The summed E-state index contributed by atoms with van der Waals surface area (Å²) in [7, 11) is 0. The Morgan fingerprint density at radius 3 is 2.85 bits per heavy atom. The van der Waals surface area contributed by atoms with Crippen molar-refractivity contribution >= 4 is 27.5 Å². The zero-order valence-electron chi connectivity index (χ0n) is 10.6. The fourth-order valence-corrected chi connectivity index (χ4v) is 3.00. The summed E-state index contributed by atoms with van der Waals surface area (Å²) in [5, 5.41) is 9.99.